The molecule has 1 unspecified atom stereocenters. The van der Waals surface area contributed by atoms with Gasteiger partial charge in [-0.2, -0.15) is 0 Å². The highest BCUT2D eigenvalue weighted by Gasteiger charge is 2.16. The van der Waals surface area contributed by atoms with E-state index in [0.29, 0.717) is 22.6 Å². The molecule has 5 nitrogen and oxygen atoms in total. The van der Waals surface area contributed by atoms with Crippen molar-refractivity contribution in [2.75, 3.05) is 5.73 Å². The molecular weight excluding hydrogens is 245 g/mol. The van der Waals surface area contributed by atoms with Crippen LogP contribution in [0.4, 0.5) is 10.1 Å². The molecule has 0 aliphatic carbocycles. The van der Waals surface area contributed by atoms with Crippen molar-refractivity contribution in [3.63, 3.8) is 0 Å². The first-order valence-corrected chi connectivity index (χ1v) is 6.38. The Balaban J connectivity index is 2.45. The highest BCUT2D eigenvalue weighted by molar-refractivity contribution is 5.64. The normalized spacial score (nSPS) is 12.6. The number of nitrogens with two attached hydrogens (primary N) is 1. The van der Waals surface area contributed by atoms with Gasteiger partial charge in [-0.15, -0.1) is 5.10 Å². The van der Waals surface area contributed by atoms with E-state index in [-0.39, 0.29) is 11.9 Å². The summed E-state index contributed by atoms with van der Waals surface area (Å²) in [5.41, 5.74) is 7.26. The Kier molecular flexibility index (Phi) is 3.78. The third kappa shape index (κ3) is 2.57. The van der Waals surface area contributed by atoms with Crippen LogP contribution in [0.5, 0.6) is 0 Å². The van der Waals surface area contributed by atoms with Crippen LogP contribution in [0.25, 0.3) is 11.4 Å². The number of hydrogen-bond donors (Lipinski definition) is 1. The maximum Gasteiger partial charge on any atom is 0.182 e. The predicted octanol–water partition coefficient (Wildman–Crippen LogP) is 2.73. The predicted molar refractivity (Wildman–Crippen MR) is 72.0 cm³/mol. The highest BCUT2D eigenvalue weighted by atomic mass is 19.1. The van der Waals surface area contributed by atoms with Crippen LogP contribution in [0.2, 0.25) is 0 Å². The Morgan fingerprint density at radius 1 is 1.42 bits per heavy atom. The van der Waals surface area contributed by atoms with Gasteiger partial charge in [-0.25, -0.2) is 9.07 Å². The fraction of sp³-hybridized carbons (Fsp3) is 0.462. The van der Waals surface area contributed by atoms with Crippen LogP contribution in [0.3, 0.4) is 0 Å². The van der Waals surface area contributed by atoms with E-state index in [9.17, 15) is 4.39 Å². The molecule has 0 saturated heterocycles. The van der Waals surface area contributed by atoms with Crippen LogP contribution in [0, 0.1) is 12.7 Å². The molecule has 0 fully saturated rings. The number of nitrogens with zero attached hydrogens (tertiary/aromatic N) is 4. The topological polar surface area (TPSA) is 69.6 Å². The quantitative estimate of drug-likeness (QED) is 0.861. The van der Waals surface area contributed by atoms with Crippen LogP contribution in [0.15, 0.2) is 12.1 Å². The van der Waals surface area contributed by atoms with Crippen LogP contribution in [-0.2, 0) is 0 Å². The molecule has 0 bridgehead atoms. The number of nitrogen functional groups attached to an aromatic ring is 1. The van der Waals surface area contributed by atoms with E-state index >= 15 is 0 Å². The van der Waals surface area contributed by atoms with E-state index in [1.165, 1.54) is 6.07 Å². The fourth-order valence-corrected chi connectivity index (χ4v) is 2.05. The van der Waals surface area contributed by atoms with Gasteiger partial charge in [-0.05, 0) is 42.8 Å². The summed E-state index contributed by atoms with van der Waals surface area (Å²) in [7, 11) is 0. The van der Waals surface area contributed by atoms with E-state index in [2.05, 4.69) is 22.4 Å². The number of halogens is 1. The standard InChI is InChI=1S/C13H18FN5/c1-4-5-8(2)19-13(16-17-18-19)10-6-11(14)9(3)12(15)7-10/h6-8H,4-5,15H2,1-3H3. The second-order valence-electron chi connectivity index (χ2n) is 4.76. The third-order valence-corrected chi connectivity index (χ3v) is 3.26. The number of aromatic nitrogens is 4. The second kappa shape index (κ2) is 5.34. The van der Waals surface area contributed by atoms with Crippen LogP contribution in [-0.4, -0.2) is 20.2 Å². The summed E-state index contributed by atoms with van der Waals surface area (Å²) in [6.07, 6.45) is 1.99. The first-order chi connectivity index (χ1) is 9.04. The van der Waals surface area contributed by atoms with Crippen molar-refractivity contribution in [1.29, 1.82) is 0 Å². The smallest absolute Gasteiger partial charge is 0.182 e. The summed E-state index contributed by atoms with van der Waals surface area (Å²) >= 11 is 0. The minimum atomic E-state index is -0.340. The summed E-state index contributed by atoms with van der Waals surface area (Å²) in [5, 5.41) is 11.6. The van der Waals surface area contributed by atoms with Crippen molar-refractivity contribution in [3.05, 3.63) is 23.5 Å². The average Bonchev–Trinajstić information content (AvgIpc) is 2.84. The van der Waals surface area contributed by atoms with Crippen LogP contribution in [0.1, 0.15) is 38.3 Å². The number of rotatable bonds is 4. The Bertz CT molecular complexity index is 555. The summed E-state index contributed by atoms with van der Waals surface area (Å²) < 4.78 is 15.5. The van der Waals surface area contributed by atoms with Crippen molar-refractivity contribution in [2.45, 2.75) is 39.7 Å². The molecule has 102 valence electrons. The molecule has 0 aliphatic heterocycles. The van der Waals surface area contributed by atoms with Crippen LogP contribution >= 0.6 is 0 Å². The van der Waals surface area contributed by atoms with Gasteiger partial charge in [0.2, 0.25) is 0 Å². The van der Waals surface area contributed by atoms with Gasteiger partial charge >= 0.3 is 0 Å². The van der Waals surface area contributed by atoms with Crippen molar-refractivity contribution in [3.8, 4) is 11.4 Å². The van der Waals surface area contributed by atoms with E-state index in [4.69, 9.17) is 5.73 Å². The van der Waals surface area contributed by atoms with Crippen molar-refractivity contribution in [1.82, 2.24) is 20.2 Å². The van der Waals surface area contributed by atoms with E-state index < -0.39 is 0 Å². The lowest BCUT2D eigenvalue weighted by Crippen LogP contribution is -2.09. The lowest BCUT2D eigenvalue weighted by molar-refractivity contribution is 0.447. The summed E-state index contributed by atoms with van der Waals surface area (Å²) in [5.74, 6) is 0.208. The monoisotopic (exact) mass is 263 g/mol. The first-order valence-electron chi connectivity index (χ1n) is 6.38. The van der Waals surface area contributed by atoms with E-state index in [1.54, 1.807) is 17.7 Å². The zero-order valence-corrected chi connectivity index (χ0v) is 11.4. The van der Waals surface area contributed by atoms with Gasteiger partial charge < -0.3 is 5.73 Å². The molecule has 2 aromatic rings. The van der Waals surface area contributed by atoms with Crippen molar-refractivity contribution < 1.29 is 4.39 Å². The molecule has 0 saturated carbocycles. The third-order valence-electron chi connectivity index (χ3n) is 3.26. The van der Waals surface area contributed by atoms with Gasteiger partial charge in [0, 0.05) is 16.8 Å². The number of tetrazole rings is 1. The lowest BCUT2D eigenvalue weighted by atomic mass is 10.1. The molecule has 0 aliphatic rings. The molecule has 2 N–H and O–H groups in total. The Labute approximate surface area is 111 Å². The summed E-state index contributed by atoms with van der Waals surface area (Å²) in [6.45, 7) is 5.79. The summed E-state index contributed by atoms with van der Waals surface area (Å²) in [4.78, 5) is 0. The Hall–Kier alpha value is -1.98. The van der Waals surface area contributed by atoms with Gasteiger partial charge in [0.05, 0.1) is 6.04 Å². The largest absolute Gasteiger partial charge is 0.398 e. The molecule has 1 atom stereocenters. The van der Waals surface area contributed by atoms with Crippen LogP contribution < -0.4 is 5.73 Å². The first kappa shape index (κ1) is 13.5. The fourth-order valence-electron chi connectivity index (χ4n) is 2.05. The molecule has 1 heterocycles. The van der Waals surface area contributed by atoms with E-state index in [0.717, 1.165) is 12.8 Å². The Morgan fingerprint density at radius 3 is 2.79 bits per heavy atom. The maximum absolute atomic E-state index is 13.8. The van der Waals surface area contributed by atoms with Gasteiger partial charge in [0.25, 0.3) is 0 Å². The number of benzene rings is 1. The number of anilines is 1. The minimum absolute atomic E-state index is 0.167. The molecule has 6 heteroatoms. The molecule has 19 heavy (non-hydrogen) atoms. The Morgan fingerprint density at radius 2 is 2.16 bits per heavy atom. The summed E-state index contributed by atoms with van der Waals surface area (Å²) in [6, 6.07) is 3.30. The molecule has 0 spiro atoms. The SMILES string of the molecule is CCCC(C)n1nnnc1-c1cc(N)c(C)c(F)c1. The van der Waals surface area contributed by atoms with Gasteiger partial charge in [0.15, 0.2) is 5.82 Å². The highest BCUT2D eigenvalue weighted by Crippen LogP contribution is 2.26. The van der Waals surface area contributed by atoms with Gasteiger partial charge in [-0.1, -0.05) is 13.3 Å². The molecule has 1 aromatic carbocycles. The zero-order chi connectivity index (χ0) is 14.0. The van der Waals surface area contributed by atoms with Gasteiger partial charge in [0.1, 0.15) is 5.82 Å². The molecular formula is C13H18FN5. The molecule has 0 radical (unpaired) electrons. The van der Waals surface area contributed by atoms with Crippen molar-refractivity contribution >= 4 is 5.69 Å². The van der Waals surface area contributed by atoms with Crippen molar-refractivity contribution in [2.24, 2.45) is 0 Å². The second-order valence-corrected chi connectivity index (χ2v) is 4.76. The minimum Gasteiger partial charge on any atom is -0.398 e. The molecule has 2 rings (SSSR count). The lowest BCUT2D eigenvalue weighted by Gasteiger charge is -2.13. The zero-order valence-electron chi connectivity index (χ0n) is 11.4. The molecule has 1 aromatic heterocycles. The number of hydrogen-bond acceptors (Lipinski definition) is 4. The van der Waals surface area contributed by atoms with E-state index in [1.807, 2.05) is 6.92 Å². The average molecular weight is 263 g/mol. The maximum atomic E-state index is 13.8. The van der Waals surface area contributed by atoms with Gasteiger partial charge in [-0.3, -0.25) is 0 Å². The molecule has 0 amide bonds.